The van der Waals surface area contributed by atoms with Crippen molar-refractivity contribution in [1.82, 2.24) is 19.7 Å². The first-order valence-electron chi connectivity index (χ1n) is 8.82. The van der Waals surface area contributed by atoms with E-state index in [0.717, 1.165) is 38.2 Å². The molecule has 0 aliphatic heterocycles. The normalized spacial score (nSPS) is 11.2. The minimum Gasteiger partial charge on any atom is -0.302 e. The second kappa shape index (κ2) is 8.02. The molecule has 1 N–H and O–H groups in total. The van der Waals surface area contributed by atoms with Crippen LogP contribution in [0.25, 0.3) is 20.9 Å². The Labute approximate surface area is 175 Å². The summed E-state index contributed by atoms with van der Waals surface area (Å²) >= 11 is 4.52. The van der Waals surface area contributed by atoms with Crippen LogP contribution >= 0.6 is 34.4 Å². The van der Waals surface area contributed by atoms with Crippen molar-refractivity contribution in [3.05, 3.63) is 40.8 Å². The molecule has 4 aromatic rings. The predicted octanol–water partition coefficient (Wildman–Crippen LogP) is 4.98. The highest BCUT2D eigenvalue weighted by Crippen LogP contribution is 2.30. The van der Waals surface area contributed by atoms with Crippen LogP contribution in [0, 0.1) is 13.8 Å². The maximum absolute atomic E-state index is 12.4. The number of aromatic nitrogens is 4. The monoisotopic (exact) mass is 429 g/mol. The number of amides is 1. The third-order valence-corrected chi connectivity index (χ3v) is 6.93. The number of aryl methyl sites for hydroxylation is 2. The van der Waals surface area contributed by atoms with Crippen LogP contribution in [-0.4, -0.2) is 31.4 Å². The van der Waals surface area contributed by atoms with Crippen molar-refractivity contribution in [2.24, 2.45) is 0 Å². The van der Waals surface area contributed by atoms with Crippen molar-refractivity contribution in [3.63, 3.8) is 0 Å². The highest BCUT2D eigenvalue weighted by molar-refractivity contribution is 7.99. The van der Waals surface area contributed by atoms with Crippen LogP contribution in [0.2, 0.25) is 0 Å². The van der Waals surface area contributed by atoms with Gasteiger partial charge in [0.05, 0.1) is 20.8 Å². The number of carbonyl (C=O) groups excluding carboxylic acids is 1. The molecule has 3 heterocycles. The number of nitrogens with zero attached hydrogens (tertiary/aromatic N) is 4. The van der Waals surface area contributed by atoms with Gasteiger partial charge >= 0.3 is 0 Å². The van der Waals surface area contributed by atoms with Crippen LogP contribution in [0.5, 0.6) is 0 Å². The molecule has 3 aromatic heterocycles. The average Bonchev–Trinajstić information content (AvgIpc) is 3.38. The molecule has 6 nitrogen and oxygen atoms in total. The average molecular weight is 430 g/mol. The Morgan fingerprint density at radius 1 is 1.29 bits per heavy atom. The van der Waals surface area contributed by atoms with Crippen LogP contribution < -0.4 is 5.32 Å². The van der Waals surface area contributed by atoms with E-state index >= 15 is 0 Å². The predicted molar refractivity (Wildman–Crippen MR) is 117 cm³/mol. The smallest absolute Gasteiger partial charge is 0.236 e. The summed E-state index contributed by atoms with van der Waals surface area (Å²) < 4.78 is 3.12. The topological polar surface area (TPSA) is 72.7 Å². The lowest BCUT2D eigenvalue weighted by Gasteiger charge is -2.06. The molecule has 0 saturated heterocycles. The van der Waals surface area contributed by atoms with Crippen molar-refractivity contribution in [3.8, 4) is 10.7 Å². The summed E-state index contributed by atoms with van der Waals surface area (Å²) in [6.45, 7) is 6.91. The molecule has 0 aliphatic carbocycles. The third-order valence-electron chi connectivity index (χ3n) is 4.18. The number of hydrogen-bond donors (Lipinski definition) is 1. The van der Waals surface area contributed by atoms with Gasteiger partial charge in [0.1, 0.15) is 0 Å². The molecule has 0 saturated carbocycles. The fraction of sp³-hybridized carbons (Fsp3) is 0.263. The molecule has 0 fully saturated rings. The molecule has 28 heavy (non-hydrogen) atoms. The molecular weight excluding hydrogens is 410 g/mol. The van der Waals surface area contributed by atoms with Crippen molar-refractivity contribution in [1.29, 1.82) is 0 Å². The number of anilines is 1. The Kier molecular flexibility index (Phi) is 5.47. The highest BCUT2D eigenvalue weighted by Gasteiger charge is 2.16. The summed E-state index contributed by atoms with van der Waals surface area (Å²) in [5.74, 6) is 1.01. The fourth-order valence-corrected chi connectivity index (χ4v) is 5.56. The molecule has 0 bridgehead atoms. The molecule has 0 aliphatic rings. The van der Waals surface area contributed by atoms with Gasteiger partial charge in [-0.1, -0.05) is 35.2 Å². The summed E-state index contributed by atoms with van der Waals surface area (Å²) in [6.07, 6.45) is 0. The summed E-state index contributed by atoms with van der Waals surface area (Å²) in [5.41, 5.74) is 3.27. The molecule has 144 valence electrons. The van der Waals surface area contributed by atoms with E-state index in [0.29, 0.717) is 5.13 Å². The second-order valence-corrected chi connectivity index (χ2v) is 9.23. The van der Waals surface area contributed by atoms with Gasteiger partial charge in [-0.15, -0.1) is 21.5 Å². The van der Waals surface area contributed by atoms with Crippen LogP contribution in [0.15, 0.2) is 34.8 Å². The van der Waals surface area contributed by atoms with Gasteiger partial charge in [-0.05, 0) is 49.4 Å². The Balaban J connectivity index is 1.45. The number of hydrogen-bond acceptors (Lipinski definition) is 7. The van der Waals surface area contributed by atoms with Gasteiger partial charge in [0, 0.05) is 6.54 Å². The molecular formula is C19H19N5OS3. The molecule has 0 atom stereocenters. The lowest BCUT2D eigenvalue weighted by Crippen LogP contribution is -2.14. The first-order chi connectivity index (χ1) is 13.5. The van der Waals surface area contributed by atoms with E-state index in [2.05, 4.69) is 46.5 Å². The van der Waals surface area contributed by atoms with E-state index in [1.807, 2.05) is 29.0 Å². The minimum absolute atomic E-state index is 0.0956. The zero-order chi connectivity index (χ0) is 19.7. The molecule has 0 spiro atoms. The molecule has 1 aromatic carbocycles. The van der Waals surface area contributed by atoms with Crippen LogP contribution in [0.4, 0.5) is 5.13 Å². The zero-order valence-corrected chi connectivity index (χ0v) is 18.2. The number of benzene rings is 1. The van der Waals surface area contributed by atoms with E-state index in [-0.39, 0.29) is 11.7 Å². The molecule has 1 amide bonds. The summed E-state index contributed by atoms with van der Waals surface area (Å²) in [5, 5.41) is 14.9. The van der Waals surface area contributed by atoms with Gasteiger partial charge in [-0.3, -0.25) is 4.79 Å². The number of thiophene rings is 1. The van der Waals surface area contributed by atoms with Crippen molar-refractivity contribution in [2.45, 2.75) is 32.5 Å². The van der Waals surface area contributed by atoms with Crippen LogP contribution in [0.3, 0.4) is 0 Å². The Bertz CT molecular complexity index is 1130. The van der Waals surface area contributed by atoms with Gasteiger partial charge in [0.2, 0.25) is 5.91 Å². The van der Waals surface area contributed by atoms with Crippen molar-refractivity contribution >= 4 is 55.7 Å². The van der Waals surface area contributed by atoms with E-state index in [1.54, 1.807) is 11.3 Å². The summed E-state index contributed by atoms with van der Waals surface area (Å²) in [7, 11) is 0. The lowest BCUT2D eigenvalue weighted by molar-refractivity contribution is -0.113. The number of rotatable bonds is 6. The van der Waals surface area contributed by atoms with E-state index in [9.17, 15) is 4.79 Å². The maximum atomic E-state index is 12.4. The Hall–Kier alpha value is -2.23. The SMILES string of the molecule is CCn1c(SCC(=O)Nc2nc3c(C)cc(C)cc3s2)nnc1-c1cccs1. The van der Waals surface area contributed by atoms with Crippen LogP contribution in [-0.2, 0) is 11.3 Å². The highest BCUT2D eigenvalue weighted by atomic mass is 32.2. The van der Waals surface area contributed by atoms with E-state index in [4.69, 9.17) is 0 Å². The quantitative estimate of drug-likeness (QED) is 0.438. The summed E-state index contributed by atoms with van der Waals surface area (Å²) in [6, 6.07) is 8.22. The number of carbonyl (C=O) groups is 1. The maximum Gasteiger partial charge on any atom is 0.236 e. The zero-order valence-electron chi connectivity index (χ0n) is 15.7. The number of thioether (sulfide) groups is 1. The van der Waals surface area contributed by atoms with Gasteiger partial charge in [0.25, 0.3) is 0 Å². The molecule has 0 radical (unpaired) electrons. The largest absolute Gasteiger partial charge is 0.302 e. The molecule has 9 heteroatoms. The number of thiazole rings is 1. The molecule has 0 unspecified atom stereocenters. The standard InChI is InChI=1S/C19H19N5OS3/c1-4-24-17(13-6-5-7-26-13)22-23-19(24)27-10-15(25)20-18-21-16-12(3)8-11(2)9-14(16)28-18/h5-9H,4,10H2,1-3H3,(H,20,21,25). The minimum atomic E-state index is -0.0956. The third kappa shape index (κ3) is 3.82. The first-order valence-corrected chi connectivity index (χ1v) is 11.5. The van der Waals surface area contributed by atoms with Gasteiger partial charge in [-0.25, -0.2) is 4.98 Å². The lowest BCUT2D eigenvalue weighted by atomic mass is 10.1. The molecule has 4 rings (SSSR count). The number of fused-ring (bicyclic) bond motifs is 1. The number of nitrogens with one attached hydrogen (secondary N) is 1. The summed E-state index contributed by atoms with van der Waals surface area (Å²) in [4.78, 5) is 18.1. The van der Waals surface area contributed by atoms with Gasteiger partial charge < -0.3 is 9.88 Å². The van der Waals surface area contributed by atoms with Gasteiger partial charge in [-0.2, -0.15) is 0 Å². The Morgan fingerprint density at radius 3 is 2.89 bits per heavy atom. The second-order valence-electron chi connectivity index (χ2n) is 6.31. The van der Waals surface area contributed by atoms with E-state index < -0.39 is 0 Å². The van der Waals surface area contributed by atoms with Crippen molar-refractivity contribution < 1.29 is 4.79 Å². The Morgan fingerprint density at radius 2 is 2.14 bits per heavy atom. The van der Waals surface area contributed by atoms with Gasteiger partial charge in [0.15, 0.2) is 16.1 Å². The first kappa shape index (κ1) is 19.1. The van der Waals surface area contributed by atoms with Crippen LogP contribution in [0.1, 0.15) is 18.1 Å². The van der Waals surface area contributed by atoms with Crippen molar-refractivity contribution in [2.75, 3.05) is 11.1 Å². The fourth-order valence-electron chi connectivity index (χ4n) is 2.98. The van der Waals surface area contributed by atoms with E-state index in [1.165, 1.54) is 28.7 Å².